The van der Waals surface area contributed by atoms with E-state index in [2.05, 4.69) is 25.2 Å². The van der Waals surface area contributed by atoms with Crippen LogP contribution in [0.1, 0.15) is 20.3 Å². The predicted molar refractivity (Wildman–Crippen MR) is 46.6 cm³/mol. The maximum atomic E-state index is 8.35. The van der Waals surface area contributed by atoms with E-state index in [1.54, 1.807) is 0 Å². The summed E-state index contributed by atoms with van der Waals surface area (Å²) in [7, 11) is 0. The van der Waals surface area contributed by atoms with Crippen molar-refractivity contribution in [3.63, 3.8) is 0 Å². The average molecular weight is 168 g/mol. The van der Waals surface area contributed by atoms with E-state index >= 15 is 0 Å². The minimum atomic E-state index is 0.218. The number of ether oxygens (including phenoxy) is 1. The summed E-state index contributed by atoms with van der Waals surface area (Å²) in [6.07, 6.45) is 0.576. The minimum Gasteiger partial charge on any atom is -0.379 e. The van der Waals surface area contributed by atoms with Crippen LogP contribution in [-0.2, 0) is 4.74 Å². The summed E-state index contributed by atoms with van der Waals surface area (Å²) >= 11 is 0. The molecule has 1 N–H and O–H groups in total. The van der Waals surface area contributed by atoms with E-state index in [0.717, 1.165) is 19.8 Å². The van der Waals surface area contributed by atoms with Gasteiger partial charge in [-0.3, -0.25) is 0 Å². The number of nitriles is 1. The first-order chi connectivity index (χ1) is 5.67. The summed E-state index contributed by atoms with van der Waals surface area (Å²) < 4.78 is 5.36. The Morgan fingerprint density at radius 3 is 2.92 bits per heavy atom. The first-order valence-corrected chi connectivity index (χ1v) is 4.35. The van der Waals surface area contributed by atoms with Crippen LogP contribution < -0.4 is 5.32 Å². The first kappa shape index (κ1) is 9.50. The Hall–Kier alpha value is -0.590. The molecular formula is C9H16N2O. The molecule has 68 valence electrons. The van der Waals surface area contributed by atoms with Crippen molar-refractivity contribution in [3.05, 3.63) is 0 Å². The molecule has 12 heavy (non-hydrogen) atoms. The third kappa shape index (κ3) is 2.20. The van der Waals surface area contributed by atoms with E-state index in [1.165, 1.54) is 0 Å². The Balaban J connectivity index is 2.28. The Morgan fingerprint density at radius 1 is 1.67 bits per heavy atom. The highest BCUT2D eigenvalue weighted by molar-refractivity contribution is 4.89. The highest BCUT2D eigenvalue weighted by Crippen LogP contribution is 2.26. The Bertz CT molecular complexity index is 183. The van der Waals surface area contributed by atoms with Gasteiger partial charge >= 0.3 is 0 Å². The van der Waals surface area contributed by atoms with Crippen molar-refractivity contribution in [3.8, 4) is 6.07 Å². The molecule has 3 heteroatoms. The fraction of sp³-hybridized carbons (Fsp3) is 0.889. The van der Waals surface area contributed by atoms with Gasteiger partial charge in [0.05, 0.1) is 19.3 Å². The molecule has 0 aliphatic carbocycles. The first-order valence-electron chi connectivity index (χ1n) is 4.35. The van der Waals surface area contributed by atoms with Crippen LogP contribution in [0.5, 0.6) is 0 Å². The maximum Gasteiger partial charge on any atom is 0.0635 e. The quantitative estimate of drug-likeness (QED) is 0.637. The number of nitrogens with zero attached hydrogens (tertiary/aromatic N) is 1. The van der Waals surface area contributed by atoms with Gasteiger partial charge in [-0.15, -0.1) is 0 Å². The summed E-state index contributed by atoms with van der Waals surface area (Å²) in [5.74, 6) is 0. The molecule has 0 saturated carbocycles. The molecule has 1 unspecified atom stereocenters. The van der Waals surface area contributed by atoms with Gasteiger partial charge in [0.25, 0.3) is 0 Å². The van der Waals surface area contributed by atoms with Crippen molar-refractivity contribution >= 4 is 0 Å². The number of hydrogen-bond acceptors (Lipinski definition) is 3. The fourth-order valence-corrected chi connectivity index (χ4v) is 1.40. The van der Waals surface area contributed by atoms with Gasteiger partial charge in [0.1, 0.15) is 0 Å². The van der Waals surface area contributed by atoms with Gasteiger partial charge in [-0.05, 0) is 0 Å². The van der Waals surface area contributed by atoms with Gasteiger partial charge in [0, 0.05) is 24.4 Å². The number of rotatable bonds is 3. The van der Waals surface area contributed by atoms with E-state index in [0.29, 0.717) is 12.5 Å². The zero-order valence-electron chi connectivity index (χ0n) is 7.76. The molecule has 0 bridgehead atoms. The molecule has 1 aliphatic rings. The molecule has 1 atom stereocenters. The minimum absolute atomic E-state index is 0.218. The van der Waals surface area contributed by atoms with Crippen molar-refractivity contribution in [2.24, 2.45) is 5.41 Å². The molecule has 1 rings (SSSR count). The smallest absolute Gasteiger partial charge is 0.0635 e. The standard InChI is InChI=1S/C9H16N2O/c1-9(2)7-12-6-8(9)11-5-3-4-10/h8,11H,3,5-7H2,1-2H3. The van der Waals surface area contributed by atoms with Crippen LogP contribution in [0, 0.1) is 16.7 Å². The van der Waals surface area contributed by atoms with Crippen LogP contribution in [0.15, 0.2) is 0 Å². The summed E-state index contributed by atoms with van der Waals surface area (Å²) in [5.41, 5.74) is 0.218. The number of hydrogen-bond donors (Lipinski definition) is 1. The lowest BCUT2D eigenvalue weighted by Crippen LogP contribution is -2.41. The zero-order valence-corrected chi connectivity index (χ0v) is 7.76. The molecule has 1 fully saturated rings. The topological polar surface area (TPSA) is 45.0 Å². The van der Waals surface area contributed by atoms with E-state index in [9.17, 15) is 0 Å². The van der Waals surface area contributed by atoms with Crippen molar-refractivity contribution in [1.82, 2.24) is 5.32 Å². The molecule has 0 spiro atoms. The van der Waals surface area contributed by atoms with E-state index in [4.69, 9.17) is 10.00 Å². The van der Waals surface area contributed by atoms with Gasteiger partial charge < -0.3 is 10.1 Å². The van der Waals surface area contributed by atoms with Crippen molar-refractivity contribution in [1.29, 1.82) is 5.26 Å². The van der Waals surface area contributed by atoms with E-state index in [-0.39, 0.29) is 5.41 Å². The second kappa shape index (κ2) is 3.88. The van der Waals surface area contributed by atoms with Crippen LogP contribution in [0.25, 0.3) is 0 Å². The van der Waals surface area contributed by atoms with Gasteiger partial charge in [0.2, 0.25) is 0 Å². The summed E-state index contributed by atoms with van der Waals surface area (Å²) in [6.45, 7) is 6.73. The molecule has 3 nitrogen and oxygen atoms in total. The lowest BCUT2D eigenvalue weighted by molar-refractivity contribution is 0.166. The monoisotopic (exact) mass is 168 g/mol. The fourth-order valence-electron chi connectivity index (χ4n) is 1.40. The Kier molecular flexibility index (Phi) is 3.07. The third-order valence-corrected chi connectivity index (χ3v) is 2.33. The highest BCUT2D eigenvalue weighted by Gasteiger charge is 2.34. The highest BCUT2D eigenvalue weighted by atomic mass is 16.5. The summed E-state index contributed by atoms with van der Waals surface area (Å²) in [5, 5.41) is 11.7. The van der Waals surface area contributed by atoms with E-state index < -0.39 is 0 Å². The van der Waals surface area contributed by atoms with Crippen LogP contribution in [0.3, 0.4) is 0 Å². The van der Waals surface area contributed by atoms with Crippen LogP contribution in [0.4, 0.5) is 0 Å². The van der Waals surface area contributed by atoms with Crippen LogP contribution in [0.2, 0.25) is 0 Å². The van der Waals surface area contributed by atoms with Crippen LogP contribution in [-0.4, -0.2) is 25.8 Å². The molecule has 1 aliphatic heterocycles. The second-order valence-corrected chi connectivity index (χ2v) is 3.92. The molecule has 0 aromatic heterocycles. The molecule has 0 amide bonds. The molecule has 0 aromatic rings. The van der Waals surface area contributed by atoms with Gasteiger partial charge in [-0.2, -0.15) is 5.26 Å². The Labute approximate surface area is 73.7 Å². The Morgan fingerprint density at radius 2 is 2.42 bits per heavy atom. The summed E-state index contributed by atoms with van der Waals surface area (Å²) in [6, 6.07) is 2.52. The molecular weight excluding hydrogens is 152 g/mol. The van der Waals surface area contributed by atoms with Crippen molar-refractivity contribution in [2.75, 3.05) is 19.8 Å². The normalized spacial score (nSPS) is 26.9. The van der Waals surface area contributed by atoms with Crippen molar-refractivity contribution in [2.45, 2.75) is 26.3 Å². The molecule has 0 aromatic carbocycles. The summed E-state index contributed by atoms with van der Waals surface area (Å²) in [4.78, 5) is 0. The molecule has 1 saturated heterocycles. The predicted octanol–water partition coefficient (Wildman–Crippen LogP) is 0.915. The number of nitrogens with one attached hydrogen (secondary N) is 1. The van der Waals surface area contributed by atoms with Gasteiger partial charge in [-0.25, -0.2) is 0 Å². The SMILES string of the molecule is CC1(C)COCC1NCCC#N. The van der Waals surface area contributed by atoms with Crippen molar-refractivity contribution < 1.29 is 4.74 Å². The lowest BCUT2D eigenvalue weighted by Gasteiger charge is -2.24. The van der Waals surface area contributed by atoms with E-state index in [1.807, 2.05) is 0 Å². The lowest BCUT2D eigenvalue weighted by atomic mass is 9.88. The zero-order chi connectivity index (χ0) is 9.03. The van der Waals surface area contributed by atoms with Gasteiger partial charge in [0.15, 0.2) is 0 Å². The van der Waals surface area contributed by atoms with Gasteiger partial charge in [-0.1, -0.05) is 13.8 Å². The molecule has 0 radical (unpaired) electrons. The average Bonchev–Trinajstić information content (AvgIpc) is 2.32. The molecule has 1 heterocycles. The van der Waals surface area contributed by atoms with Crippen LogP contribution >= 0.6 is 0 Å². The largest absolute Gasteiger partial charge is 0.379 e. The maximum absolute atomic E-state index is 8.35. The second-order valence-electron chi connectivity index (χ2n) is 3.92. The third-order valence-electron chi connectivity index (χ3n) is 2.33.